The highest BCUT2D eigenvalue weighted by molar-refractivity contribution is 6.32. The number of aromatic nitrogens is 4. The van der Waals surface area contributed by atoms with Crippen molar-refractivity contribution in [3.05, 3.63) is 58.8 Å². The molecule has 0 bridgehead atoms. The Morgan fingerprint density at radius 3 is 2.87 bits per heavy atom. The molecule has 0 aliphatic rings. The number of amides is 1. The van der Waals surface area contributed by atoms with E-state index in [1.54, 1.807) is 16.8 Å². The van der Waals surface area contributed by atoms with E-state index < -0.39 is 0 Å². The third kappa shape index (κ3) is 5.08. The summed E-state index contributed by atoms with van der Waals surface area (Å²) in [6, 6.07) is 9.03. The first kappa shape index (κ1) is 21.6. The number of hydrogen-bond donors (Lipinski definition) is 1. The minimum absolute atomic E-state index is 0.129. The van der Waals surface area contributed by atoms with E-state index in [0.29, 0.717) is 22.8 Å². The highest BCUT2D eigenvalue weighted by Crippen LogP contribution is 2.24. The molecular weight excluding hydrogens is 400 g/mol. The van der Waals surface area contributed by atoms with E-state index in [1.165, 1.54) is 0 Å². The Morgan fingerprint density at radius 1 is 1.37 bits per heavy atom. The molecule has 30 heavy (non-hydrogen) atoms. The first-order chi connectivity index (χ1) is 14.4. The first-order valence-electron chi connectivity index (χ1n) is 9.99. The fourth-order valence-corrected chi connectivity index (χ4v) is 3.40. The van der Waals surface area contributed by atoms with Gasteiger partial charge in [-0.2, -0.15) is 10.4 Å². The Morgan fingerprint density at radius 2 is 2.17 bits per heavy atom. The molecule has 156 valence electrons. The summed E-state index contributed by atoms with van der Waals surface area (Å²) in [5.74, 6) is 0.658. The quantitative estimate of drug-likeness (QED) is 0.586. The minimum atomic E-state index is -0.188. The molecule has 0 saturated heterocycles. The van der Waals surface area contributed by atoms with Crippen LogP contribution < -0.4 is 5.32 Å². The molecule has 0 radical (unpaired) electrons. The number of halogens is 1. The van der Waals surface area contributed by atoms with E-state index in [4.69, 9.17) is 16.9 Å². The van der Waals surface area contributed by atoms with Crippen molar-refractivity contribution >= 4 is 17.5 Å². The summed E-state index contributed by atoms with van der Waals surface area (Å²) in [5.41, 5.74) is 2.46. The number of rotatable bonds is 8. The number of aryl methyl sites for hydroxylation is 2. The summed E-state index contributed by atoms with van der Waals surface area (Å²) < 4.78 is 3.79. The van der Waals surface area contributed by atoms with E-state index in [2.05, 4.69) is 22.3 Å². The van der Waals surface area contributed by atoms with Crippen molar-refractivity contribution in [1.29, 1.82) is 5.26 Å². The fourth-order valence-electron chi connectivity index (χ4n) is 3.18. The molecule has 0 aliphatic carbocycles. The zero-order valence-corrected chi connectivity index (χ0v) is 18.1. The van der Waals surface area contributed by atoms with Gasteiger partial charge in [-0.05, 0) is 38.5 Å². The molecule has 1 atom stereocenters. The maximum Gasteiger partial charge on any atom is 0.271 e. The lowest BCUT2D eigenvalue weighted by atomic mass is 10.1. The minimum Gasteiger partial charge on any atom is -0.346 e. The van der Waals surface area contributed by atoms with Gasteiger partial charge >= 0.3 is 0 Å². The molecule has 0 fully saturated rings. The third-order valence-electron chi connectivity index (χ3n) is 4.83. The van der Waals surface area contributed by atoms with Gasteiger partial charge in [-0.25, -0.2) is 4.98 Å². The molecular formula is C22H25ClN6O. The van der Waals surface area contributed by atoms with Gasteiger partial charge in [0.25, 0.3) is 5.91 Å². The van der Waals surface area contributed by atoms with Gasteiger partial charge in [0.2, 0.25) is 0 Å². The van der Waals surface area contributed by atoms with Gasteiger partial charge in [-0.1, -0.05) is 31.0 Å². The Kier molecular flexibility index (Phi) is 6.91. The van der Waals surface area contributed by atoms with E-state index in [-0.39, 0.29) is 11.9 Å². The number of nitrogens with zero attached hydrogens (tertiary/aromatic N) is 5. The van der Waals surface area contributed by atoms with Crippen LogP contribution in [0.25, 0.3) is 11.3 Å². The monoisotopic (exact) mass is 424 g/mol. The zero-order valence-electron chi connectivity index (χ0n) is 17.4. The smallest absolute Gasteiger partial charge is 0.271 e. The van der Waals surface area contributed by atoms with Crippen molar-refractivity contribution in [2.45, 2.75) is 52.7 Å². The highest BCUT2D eigenvalue weighted by Gasteiger charge is 2.15. The molecule has 7 nitrogen and oxygen atoms in total. The summed E-state index contributed by atoms with van der Waals surface area (Å²) in [6.45, 7) is 7.37. The van der Waals surface area contributed by atoms with Crippen LogP contribution in [-0.4, -0.2) is 31.3 Å². The molecule has 1 N–H and O–H groups in total. The average molecular weight is 425 g/mol. The van der Waals surface area contributed by atoms with Gasteiger partial charge in [0, 0.05) is 30.5 Å². The Balaban J connectivity index is 1.62. The second-order valence-corrected chi connectivity index (χ2v) is 7.73. The van der Waals surface area contributed by atoms with Gasteiger partial charge in [0.1, 0.15) is 17.6 Å². The van der Waals surface area contributed by atoms with Crippen LogP contribution in [0, 0.1) is 18.3 Å². The van der Waals surface area contributed by atoms with Gasteiger partial charge < -0.3 is 9.88 Å². The van der Waals surface area contributed by atoms with Crippen LogP contribution in [0.15, 0.2) is 36.7 Å². The maximum atomic E-state index is 12.6. The van der Waals surface area contributed by atoms with Crippen molar-refractivity contribution in [1.82, 2.24) is 24.6 Å². The number of hydrogen-bond acceptors (Lipinski definition) is 4. The van der Waals surface area contributed by atoms with E-state index >= 15 is 0 Å². The Hall–Kier alpha value is -3.11. The van der Waals surface area contributed by atoms with Crippen LogP contribution in [0.2, 0.25) is 5.02 Å². The van der Waals surface area contributed by atoms with Crippen molar-refractivity contribution in [3.63, 3.8) is 0 Å². The Bertz CT molecular complexity index is 1080. The number of benzene rings is 1. The van der Waals surface area contributed by atoms with Gasteiger partial charge in [0.05, 0.1) is 22.8 Å². The molecule has 3 rings (SSSR count). The second-order valence-electron chi connectivity index (χ2n) is 7.32. The number of nitrogens with one attached hydrogen (secondary N) is 1. The lowest BCUT2D eigenvalue weighted by molar-refractivity contribution is 0.0931. The molecule has 2 heterocycles. The topological polar surface area (TPSA) is 88.5 Å². The van der Waals surface area contributed by atoms with Crippen molar-refractivity contribution < 1.29 is 4.79 Å². The van der Waals surface area contributed by atoms with Gasteiger partial charge in [-0.15, -0.1) is 0 Å². The van der Waals surface area contributed by atoms with Gasteiger partial charge in [-0.3, -0.25) is 9.48 Å². The first-order valence-corrected chi connectivity index (χ1v) is 10.4. The zero-order chi connectivity index (χ0) is 21.7. The van der Waals surface area contributed by atoms with E-state index in [1.807, 2.05) is 49.0 Å². The number of imidazole rings is 1. The predicted octanol–water partition coefficient (Wildman–Crippen LogP) is 4.20. The van der Waals surface area contributed by atoms with Crippen LogP contribution in [0.3, 0.4) is 0 Å². The summed E-state index contributed by atoms with van der Waals surface area (Å²) in [5, 5.41) is 16.9. The van der Waals surface area contributed by atoms with E-state index in [9.17, 15) is 4.79 Å². The Labute approximate surface area is 181 Å². The largest absolute Gasteiger partial charge is 0.346 e. The summed E-state index contributed by atoms with van der Waals surface area (Å²) in [7, 11) is 0. The number of carbonyl (C=O) groups is 1. The molecule has 1 aromatic carbocycles. The molecule has 0 spiro atoms. The summed E-state index contributed by atoms with van der Waals surface area (Å²) in [4.78, 5) is 16.9. The average Bonchev–Trinajstić information content (AvgIpc) is 3.32. The highest BCUT2D eigenvalue weighted by atomic mass is 35.5. The van der Waals surface area contributed by atoms with E-state index in [0.717, 1.165) is 36.5 Å². The number of unbranched alkanes of at least 4 members (excludes halogenated alkanes) is 1. The van der Waals surface area contributed by atoms with Crippen LogP contribution in [-0.2, 0) is 13.1 Å². The fraction of sp³-hybridized carbons (Fsp3) is 0.364. The predicted molar refractivity (Wildman–Crippen MR) is 116 cm³/mol. The van der Waals surface area contributed by atoms with Crippen molar-refractivity contribution in [3.8, 4) is 17.3 Å². The van der Waals surface area contributed by atoms with Crippen molar-refractivity contribution in [2.75, 3.05) is 0 Å². The van der Waals surface area contributed by atoms with Crippen molar-refractivity contribution in [2.24, 2.45) is 0 Å². The SMILES string of the molecule is CCCCn1cc(C(=O)N[C@@H](C)Cn2ccc(-c3ccc(C#N)c(Cl)c3)n2)nc1C. The van der Waals surface area contributed by atoms with Crippen LogP contribution in [0.1, 0.15) is 48.6 Å². The van der Waals surface area contributed by atoms with Gasteiger partial charge in [0.15, 0.2) is 0 Å². The van der Waals surface area contributed by atoms with Crippen LogP contribution in [0.4, 0.5) is 0 Å². The molecule has 0 aliphatic heterocycles. The molecule has 1 amide bonds. The molecule has 3 aromatic rings. The normalized spacial score (nSPS) is 11.8. The third-order valence-corrected chi connectivity index (χ3v) is 5.14. The molecule has 8 heteroatoms. The lowest BCUT2D eigenvalue weighted by Gasteiger charge is -2.13. The number of carbonyl (C=O) groups excluding carboxylic acids is 1. The van der Waals surface area contributed by atoms with Crippen LogP contribution >= 0.6 is 11.6 Å². The number of nitriles is 1. The van der Waals surface area contributed by atoms with Crippen LogP contribution in [0.5, 0.6) is 0 Å². The standard InChI is InChI=1S/C22H25ClN6O/c1-4-5-9-28-14-21(26-16(28)3)22(30)25-15(2)13-29-10-8-20(27-29)17-6-7-18(12-24)19(23)11-17/h6-8,10-11,14-15H,4-5,9,13H2,1-3H3,(H,25,30)/t15-/m0/s1. The molecule has 0 unspecified atom stereocenters. The summed E-state index contributed by atoms with van der Waals surface area (Å²) in [6.07, 6.45) is 5.82. The molecule has 2 aromatic heterocycles. The molecule has 0 saturated carbocycles. The second kappa shape index (κ2) is 9.59. The lowest BCUT2D eigenvalue weighted by Crippen LogP contribution is -2.36. The maximum absolute atomic E-state index is 12.6. The summed E-state index contributed by atoms with van der Waals surface area (Å²) >= 11 is 6.11.